The molecule has 0 aliphatic carbocycles. The third kappa shape index (κ3) is 4.92. The number of carbonyl (C=O) groups is 1. The molecule has 2 saturated heterocycles. The van der Waals surface area contributed by atoms with Crippen molar-refractivity contribution in [2.75, 3.05) is 32.8 Å². The number of halogens is 11. The van der Waals surface area contributed by atoms with E-state index in [4.69, 9.17) is 0 Å². The van der Waals surface area contributed by atoms with Gasteiger partial charge in [0.15, 0.2) is 0 Å². The first-order valence-corrected chi connectivity index (χ1v) is 13.9. The minimum absolute atomic E-state index is 0.0632. The minimum Gasteiger partial charge on any atom is -0.464 e. The summed E-state index contributed by atoms with van der Waals surface area (Å²) in [6.07, 6.45) is 0.0632. The first-order chi connectivity index (χ1) is 16.7. The van der Waals surface area contributed by atoms with Crippen LogP contribution in [0.15, 0.2) is 0 Å². The standard InChI is InChI=1S/C13H14F11N3O8S3/c14-9(15,11(18,19)36(29,30)25-37(31,32)13(22,23)24)10(16,17)12(20,21)38(33,34)27-4-2-26(3-5-27)7-1-6-35-8(7)28/h7,25H,1-6H2. The molecule has 224 valence electrons. The molecule has 1 unspecified atom stereocenters. The lowest BCUT2D eigenvalue weighted by molar-refractivity contribution is -0.326. The molecular formula is C13H14F11N3O8S3. The second kappa shape index (κ2) is 9.52. The number of cyclic esters (lactones) is 1. The van der Waals surface area contributed by atoms with Gasteiger partial charge < -0.3 is 4.74 Å². The van der Waals surface area contributed by atoms with Gasteiger partial charge in [0.2, 0.25) is 0 Å². The van der Waals surface area contributed by atoms with Crippen LogP contribution in [0.2, 0.25) is 0 Å². The average molecular weight is 645 g/mol. The van der Waals surface area contributed by atoms with Gasteiger partial charge in [-0.25, -0.2) is 25.3 Å². The number of alkyl halides is 11. The van der Waals surface area contributed by atoms with Crippen LogP contribution >= 0.6 is 0 Å². The van der Waals surface area contributed by atoms with Crippen molar-refractivity contribution in [1.82, 2.24) is 13.3 Å². The van der Waals surface area contributed by atoms with Crippen LogP contribution in [0.25, 0.3) is 0 Å². The lowest BCUT2D eigenvalue weighted by Crippen LogP contribution is -2.69. The molecule has 0 amide bonds. The van der Waals surface area contributed by atoms with Gasteiger partial charge in [0.05, 0.1) is 6.61 Å². The highest BCUT2D eigenvalue weighted by Gasteiger charge is 2.88. The Hall–Kier alpha value is -1.57. The number of rotatable bonds is 9. The van der Waals surface area contributed by atoms with Crippen molar-refractivity contribution in [2.45, 2.75) is 40.3 Å². The fraction of sp³-hybridized carbons (Fsp3) is 0.923. The summed E-state index contributed by atoms with van der Waals surface area (Å²) in [5.41, 5.74) is -6.78. The van der Waals surface area contributed by atoms with Crippen LogP contribution in [-0.4, -0.2) is 107 Å². The maximum absolute atomic E-state index is 14.4. The van der Waals surface area contributed by atoms with E-state index in [9.17, 15) is 78.3 Å². The molecule has 11 nitrogen and oxygen atoms in total. The highest BCUT2D eigenvalue weighted by Crippen LogP contribution is 2.56. The SMILES string of the molecule is O=C1OCCC1N1CCN(S(=O)(=O)C(F)(F)C(F)(F)C(F)(F)C(F)(F)S(=O)(=O)NS(=O)(=O)C(F)(F)F)CC1. The molecule has 0 aromatic rings. The number of nitrogens with zero attached hydrogens (tertiary/aromatic N) is 2. The lowest BCUT2D eigenvalue weighted by atomic mass is 10.2. The Morgan fingerprint density at radius 3 is 1.55 bits per heavy atom. The van der Waals surface area contributed by atoms with Crippen LogP contribution in [0, 0.1) is 0 Å². The van der Waals surface area contributed by atoms with Crippen LogP contribution in [-0.2, 0) is 39.6 Å². The largest absolute Gasteiger partial charge is 0.512 e. The Bertz CT molecular complexity index is 1260. The molecule has 2 heterocycles. The predicted molar refractivity (Wildman–Crippen MR) is 98.2 cm³/mol. The number of carbonyl (C=O) groups excluding carboxylic acids is 1. The van der Waals surface area contributed by atoms with Gasteiger partial charge in [-0.3, -0.25) is 9.69 Å². The molecule has 1 atom stereocenters. The van der Waals surface area contributed by atoms with Crippen molar-refractivity contribution in [3.05, 3.63) is 0 Å². The molecule has 1 N–H and O–H groups in total. The topological polar surface area (TPSA) is 147 Å². The Kier molecular flexibility index (Phi) is 8.18. The first-order valence-electron chi connectivity index (χ1n) is 9.45. The normalized spacial score (nSPS) is 22.5. The molecule has 0 spiro atoms. The van der Waals surface area contributed by atoms with Gasteiger partial charge in [-0.1, -0.05) is 4.13 Å². The summed E-state index contributed by atoms with van der Waals surface area (Å²) in [4.78, 5) is 12.7. The summed E-state index contributed by atoms with van der Waals surface area (Å²) < 4.78 is 221. The monoisotopic (exact) mass is 645 g/mol. The molecule has 0 radical (unpaired) electrons. The molecule has 0 bridgehead atoms. The van der Waals surface area contributed by atoms with Gasteiger partial charge in [-0.2, -0.15) is 52.6 Å². The van der Waals surface area contributed by atoms with Gasteiger partial charge >= 0.3 is 43.9 Å². The molecule has 25 heteroatoms. The van der Waals surface area contributed by atoms with Crippen molar-refractivity contribution in [2.24, 2.45) is 0 Å². The number of hydrogen-bond acceptors (Lipinski definition) is 9. The smallest absolute Gasteiger partial charge is 0.464 e. The number of esters is 1. The maximum atomic E-state index is 14.4. The molecule has 0 saturated carbocycles. The zero-order valence-corrected chi connectivity index (χ0v) is 20.3. The van der Waals surface area contributed by atoms with Gasteiger partial charge in [-0.05, 0) is 0 Å². The van der Waals surface area contributed by atoms with E-state index in [2.05, 4.69) is 4.74 Å². The molecule has 0 aromatic carbocycles. The van der Waals surface area contributed by atoms with Crippen LogP contribution in [0.5, 0.6) is 0 Å². The quantitative estimate of drug-likeness (QED) is 0.279. The summed E-state index contributed by atoms with van der Waals surface area (Å²) in [6, 6.07) is -0.990. The summed E-state index contributed by atoms with van der Waals surface area (Å²) in [6.45, 7) is -3.70. The summed E-state index contributed by atoms with van der Waals surface area (Å²) in [5.74, 6) is -16.7. The lowest BCUT2D eigenvalue weighted by Gasteiger charge is -2.40. The fourth-order valence-corrected chi connectivity index (χ4v) is 7.01. The zero-order valence-electron chi connectivity index (χ0n) is 17.9. The average Bonchev–Trinajstić information content (AvgIpc) is 3.17. The zero-order chi connectivity index (χ0) is 30.0. The Morgan fingerprint density at radius 1 is 0.711 bits per heavy atom. The highest BCUT2D eigenvalue weighted by atomic mass is 32.3. The molecule has 0 aromatic heterocycles. The van der Waals surface area contributed by atoms with E-state index >= 15 is 0 Å². The van der Waals surface area contributed by atoms with Crippen LogP contribution < -0.4 is 4.13 Å². The molecular weight excluding hydrogens is 631 g/mol. The van der Waals surface area contributed by atoms with Crippen LogP contribution in [0.4, 0.5) is 48.3 Å². The van der Waals surface area contributed by atoms with Gasteiger partial charge in [-0.15, -0.1) is 0 Å². The van der Waals surface area contributed by atoms with Crippen LogP contribution in [0.3, 0.4) is 0 Å². The van der Waals surface area contributed by atoms with Crippen molar-refractivity contribution >= 4 is 36.0 Å². The fourth-order valence-electron chi connectivity index (χ4n) is 3.17. The van der Waals surface area contributed by atoms with Crippen LogP contribution in [0.1, 0.15) is 6.42 Å². The molecule has 2 fully saturated rings. The number of hydrogen-bond donors (Lipinski definition) is 1. The molecule has 2 aliphatic rings. The second-order valence-electron chi connectivity index (χ2n) is 7.63. The molecule has 38 heavy (non-hydrogen) atoms. The van der Waals surface area contributed by atoms with Gasteiger partial charge in [0, 0.05) is 32.6 Å². The Labute approximate surface area is 206 Å². The summed E-state index contributed by atoms with van der Waals surface area (Å²) >= 11 is 0. The number of sulfonamides is 3. The van der Waals surface area contributed by atoms with E-state index < -0.39 is 105 Å². The number of ether oxygens (including phenoxy) is 1. The van der Waals surface area contributed by atoms with E-state index in [1.165, 1.54) is 0 Å². The third-order valence-corrected chi connectivity index (χ3v) is 10.5. The van der Waals surface area contributed by atoms with Crippen molar-refractivity contribution in [3.63, 3.8) is 0 Å². The van der Waals surface area contributed by atoms with E-state index in [1.54, 1.807) is 0 Å². The second-order valence-corrected chi connectivity index (χ2v) is 13.3. The molecule has 2 aliphatic heterocycles. The van der Waals surface area contributed by atoms with Crippen molar-refractivity contribution in [3.8, 4) is 0 Å². The summed E-state index contributed by atoms with van der Waals surface area (Å²) in [5, 5.41) is -15.0. The summed E-state index contributed by atoms with van der Waals surface area (Å²) in [7, 11) is -22.6. The van der Waals surface area contributed by atoms with E-state index in [0.29, 0.717) is 0 Å². The molecule has 2 rings (SSSR count). The Morgan fingerprint density at radius 2 is 1.16 bits per heavy atom. The van der Waals surface area contributed by atoms with E-state index in [1.807, 2.05) is 0 Å². The van der Waals surface area contributed by atoms with E-state index in [0.717, 1.165) is 4.90 Å². The van der Waals surface area contributed by atoms with Crippen molar-refractivity contribution < 1.29 is 83.1 Å². The number of piperazine rings is 1. The van der Waals surface area contributed by atoms with E-state index in [-0.39, 0.29) is 13.0 Å². The Balaban J connectivity index is 2.39. The highest BCUT2D eigenvalue weighted by molar-refractivity contribution is 8.05. The third-order valence-electron chi connectivity index (χ3n) is 5.27. The predicted octanol–water partition coefficient (Wildman–Crippen LogP) is 0.475. The number of nitrogens with one attached hydrogen (secondary N) is 1. The van der Waals surface area contributed by atoms with Gasteiger partial charge in [0.1, 0.15) is 6.04 Å². The minimum atomic E-state index is -8.11. The first kappa shape index (κ1) is 32.6. The maximum Gasteiger partial charge on any atom is 0.512 e. The van der Waals surface area contributed by atoms with Gasteiger partial charge in [0.25, 0.3) is 20.0 Å². The van der Waals surface area contributed by atoms with Crippen molar-refractivity contribution in [1.29, 1.82) is 0 Å².